The van der Waals surface area contributed by atoms with Gasteiger partial charge in [-0.25, -0.2) is 4.79 Å². The van der Waals surface area contributed by atoms with Gasteiger partial charge < -0.3 is 24.3 Å². The van der Waals surface area contributed by atoms with Crippen LogP contribution in [0.4, 0.5) is 5.69 Å². The third-order valence-electron chi connectivity index (χ3n) is 3.59. The number of hydrogen-bond acceptors (Lipinski definition) is 6. The highest BCUT2D eigenvalue weighted by molar-refractivity contribution is 5.95. The Kier molecular flexibility index (Phi) is 5.58. The minimum Gasteiger partial charge on any atom is -0.486 e. The normalized spacial score (nSPS) is 13.4. The summed E-state index contributed by atoms with van der Waals surface area (Å²) in [5.74, 6) is 0.674. The maximum Gasteiger partial charge on any atom is 0.344 e. The van der Waals surface area contributed by atoms with E-state index in [1.807, 2.05) is 6.07 Å². The molecule has 7 nitrogen and oxygen atoms in total. The van der Waals surface area contributed by atoms with Crippen molar-refractivity contribution in [3.05, 3.63) is 48.5 Å². The van der Waals surface area contributed by atoms with Gasteiger partial charge in [0.1, 0.15) is 19.0 Å². The van der Waals surface area contributed by atoms with Gasteiger partial charge in [-0.15, -0.1) is 0 Å². The molecule has 0 spiro atoms. The first-order valence-electron chi connectivity index (χ1n) is 8.19. The van der Waals surface area contributed by atoms with Crippen LogP contribution in [0, 0.1) is 0 Å². The lowest BCUT2D eigenvalue weighted by Crippen LogP contribution is -2.31. The molecule has 1 amide bonds. The van der Waals surface area contributed by atoms with E-state index in [1.165, 1.54) is 6.92 Å². The highest BCUT2D eigenvalue weighted by Crippen LogP contribution is 2.32. The number of ether oxygens (including phenoxy) is 4. The SMILES string of the molecule is CC(OC(=O)COc1ccccc1)C(=O)Nc1ccc2c(c1)OCCO2. The van der Waals surface area contributed by atoms with Crippen LogP contribution in [-0.2, 0) is 14.3 Å². The van der Waals surface area contributed by atoms with E-state index in [2.05, 4.69) is 5.32 Å². The predicted octanol–water partition coefficient (Wildman–Crippen LogP) is 2.41. The Bertz CT molecular complexity index is 777. The fourth-order valence-corrected chi connectivity index (χ4v) is 2.31. The molecule has 0 aromatic heterocycles. The van der Waals surface area contributed by atoms with E-state index in [1.54, 1.807) is 42.5 Å². The van der Waals surface area contributed by atoms with E-state index >= 15 is 0 Å². The van der Waals surface area contributed by atoms with Crippen LogP contribution >= 0.6 is 0 Å². The summed E-state index contributed by atoms with van der Waals surface area (Å²) in [6.45, 7) is 2.18. The van der Waals surface area contributed by atoms with Crippen molar-refractivity contribution in [2.45, 2.75) is 13.0 Å². The lowest BCUT2D eigenvalue weighted by molar-refractivity contribution is -0.155. The van der Waals surface area contributed by atoms with Crippen molar-refractivity contribution in [3.63, 3.8) is 0 Å². The molecule has 1 atom stereocenters. The second-order valence-electron chi connectivity index (χ2n) is 5.58. The fourth-order valence-electron chi connectivity index (χ4n) is 2.31. The minimum absolute atomic E-state index is 0.272. The number of benzene rings is 2. The summed E-state index contributed by atoms with van der Waals surface area (Å²) in [4.78, 5) is 24.0. The Balaban J connectivity index is 1.49. The molecule has 3 rings (SSSR count). The summed E-state index contributed by atoms with van der Waals surface area (Å²) in [5, 5.41) is 2.68. The van der Waals surface area contributed by atoms with Crippen LogP contribution in [0.3, 0.4) is 0 Å². The maximum atomic E-state index is 12.2. The molecule has 26 heavy (non-hydrogen) atoms. The van der Waals surface area contributed by atoms with Gasteiger partial charge in [-0.2, -0.15) is 0 Å². The van der Waals surface area contributed by atoms with Crippen molar-refractivity contribution in [2.75, 3.05) is 25.1 Å². The van der Waals surface area contributed by atoms with Crippen LogP contribution in [0.1, 0.15) is 6.92 Å². The van der Waals surface area contributed by atoms with Crippen molar-refractivity contribution in [1.82, 2.24) is 0 Å². The molecule has 0 saturated heterocycles. The molecule has 2 aromatic carbocycles. The molecule has 1 unspecified atom stereocenters. The smallest absolute Gasteiger partial charge is 0.344 e. The van der Waals surface area contributed by atoms with Gasteiger partial charge in [0.25, 0.3) is 5.91 Å². The van der Waals surface area contributed by atoms with E-state index in [0.717, 1.165) is 0 Å². The lowest BCUT2D eigenvalue weighted by Gasteiger charge is -2.19. The Morgan fingerprint density at radius 1 is 1.08 bits per heavy atom. The maximum absolute atomic E-state index is 12.2. The number of amides is 1. The Labute approximate surface area is 150 Å². The molecule has 0 fully saturated rings. The number of carbonyl (C=O) groups is 2. The van der Waals surface area contributed by atoms with Crippen LogP contribution in [0.15, 0.2) is 48.5 Å². The summed E-state index contributed by atoms with van der Waals surface area (Å²) < 4.78 is 21.3. The van der Waals surface area contributed by atoms with E-state index in [0.29, 0.717) is 36.1 Å². The quantitative estimate of drug-likeness (QED) is 0.800. The van der Waals surface area contributed by atoms with Crippen LogP contribution in [0.25, 0.3) is 0 Å². The zero-order valence-electron chi connectivity index (χ0n) is 14.3. The van der Waals surface area contributed by atoms with Crippen molar-refractivity contribution < 1.29 is 28.5 Å². The highest BCUT2D eigenvalue weighted by atomic mass is 16.6. The third kappa shape index (κ3) is 4.66. The average molecular weight is 357 g/mol. The molecule has 7 heteroatoms. The minimum atomic E-state index is -0.963. The van der Waals surface area contributed by atoms with Gasteiger partial charge in [0, 0.05) is 11.8 Å². The van der Waals surface area contributed by atoms with Crippen molar-refractivity contribution in [1.29, 1.82) is 0 Å². The number of anilines is 1. The molecule has 136 valence electrons. The van der Waals surface area contributed by atoms with E-state index < -0.39 is 18.0 Å². The molecule has 1 aliphatic rings. The molecule has 1 N–H and O–H groups in total. The molecular weight excluding hydrogens is 338 g/mol. The van der Waals surface area contributed by atoms with Gasteiger partial charge in [0.05, 0.1) is 0 Å². The molecule has 0 radical (unpaired) electrons. The second kappa shape index (κ2) is 8.24. The van der Waals surface area contributed by atoms with E-state index in [-0.39, 0.29) is 6.61 Å². The number of esters is 1. The summed E-state index contributed by atoms with van der Waals surface area (Å²) >= 11 is 0. The van der Waals surface area contributed by atoms with Crippen molar-refractivity contribution >= 4 is 17.6 Å². The van der Waals surface area contributed by atoms with Gasteiger partial charge in [0.2, 0.25) is 0 Å². The van der Waals surface area contributed by atoms with Gasteiger partial charge in [-0.3, -0.25) is 4.79 Å². The molecule has 1 aliphatic heterocycles. The zero-order chi connectivity index (χ0) is 18.4. The Morgan fingerprint density at radius 3 is 2.58 bits per heavy atom. The Hall–Kier alpha value is -3.22. The number of para-hydroxylation sites is 1. The van der Waals surface area contributed by atoms with Crippen LogP contribution in [-0.4, -0.2) is 37.8 Å². The summed E-state index contributed by atoms with van der Waals surface area (Å²) in [6.07, 6.45) is -0.963. The standard InChI is InChI=1S/C19H19NO6/c1-13(26-18(21)12-25-15-5-3-2-4-6-15)19(22)20-14-7-8-16-17(11-14)24-10-9-23-16/h2-8,11,13H,9-10,12H2,1H3,(H,20,22). The van der Waals surface area contributed by atoms with Gasteiger partial charge in [0.15, 0.2) is 24.2 Å². The zero-order valence-corrected chi connectivity index (χ0v) is 14.3. The number of carbonyl (C=O) groups excluding carboxylic acids is 2. The summed E-state index contributed by atoms with van der Waals surface area (Å²) in [6, 6.07) is 14.0. The van der Waals surface area contributed by atoms with E-state index in [9.17, 15) is 9.59 Å². The molecule has 2 aromatic rings. The topological polar surface area (TPSA) is 83.1 Å². The van der Waals surface area contributed by atoms with Crippen LogP contribution in [0.5, 0.6) is 17.2 Å². The van der Waals surface area contributed by atoms with Gasteiger partial charge >= 0.3 is 5.97 Å². The van der Waals surface area contributed by atoms with E-state index in [4.69, 9.17) is 18.9 Å². The van der Waals surface area contributed by atoms with Gasteiger partial charge in [-0.05, 0) is 31.2 Å². The first-order valence-corrected chi connectivity index (χ1v) is 8.19. The molecule has 0 aliphatic carbocycles. The fraction of sp³-hybridized carbons (Fsp3) is 0.263. The highest BCUT2D eigenvalue weighted by Gasteiger charge is 2.19. The third-order valence-corrected chi connectivity index (χ3v) is 3.59. The van der Waals surface area contributed by atoms with Gasteiger partial charge in [-0.1, -0.05) is 18.2 Å². The van der Waals surface area contributed by atoms with Crippen molar-refractivity contribution in [2.24, 2.45) is 0 Å². The number of rotatable bonds is 6. The van der Waals surface area contributed by atoms with Crippen molar-refractivity contribution in [3.8, 4) is 17.2 Å². The first kappa shape index (κ1) is 17.6. The average Bonchev–Trinajstić information content (AvgIpc) is 2.67. The monoisotopic (exact) mass is 357 g/mol. The lowest BCUT2D eigenvalue weighted by atomic mass is 10.2. The summed E-state index contributed by atoms with van der Waals surface area (Å²) in [5.41, 5.74) is 0.530. The molecule has 1 heterocycles. The largest absolute Gasteiger partial charge is 0.486 e. The molecule has 0 bridgehead atoms. The first-order chi connectivity index (χ1) is 12.6. The molecule has 0 saturated carbocycles. The second-order valence-corrected chi connectivity index (χ2v) is 5.58. The number of nitrogens with one attached hydrogen (secondary N) is 1. The molecular formula is C19H19NO6. The van der Waals surface area contributed by atoms with Crippen LogP contribution in [0.2, 0.25) is 0 Å². The van der Waals surface area contributed by atoms with Crippen LogP contribution < -0.4 is 19.5 Å². The predicted molar refractivity (Wildman–Crippen MR) is 93.6 cm³/mol. The number of hydrogen-bond donors (Lipinski definition) is 1. The number of fused-ring (bicyclic) bond motifs is 1. The summed E-state index contributed by atoms with van der Waals surface area (Å²) in [7, 11) is 0. The Morgan fingerprint density at radius 2 is 1.81 bits per heavy atom.